The van der Waals surface area contributed by atoms with Gasteiger partial charge in [0.15, 0.2) is 11.5 Å². The summed E-state index contributed by atoms with van der Waals surface area (Å²) in [5.41, 5.74) is 4.83. The molecule has 29 heavy (non-hydrogen) atoms. The highest BCUT2D eigenvalue weighted by atomic mass is 16.5. The highest BCUT2D eigenvalue weighted by Crippen LogP contribution is 2.28. The van der Waals surface area contributed by atoms with E-state index in [0.29, 0.717) is 29.4 Å². The molecule has 0 bridgehead atoms. The summed E-state index contributed by atoms with van der Waals surface area (Å²) in [6.07, 6.45) is 1.55. The van der Waals surface area contributed by atoms with Gasteiger partial charge in [0.1, 0.15) is 12.4 Å². The first kappa shape index (κ1) is 19.9. The average Bonchev–Trinajstić information content (AvgIpc) is 2.78. The van der Waals surface area contributed by atoms with Gasteiger partial charge in [0.05, 0.1) is 20.4 Å². The van der Waals surface area contributed by atoms with Crippen LogP contribution in [-0.2, 0) is 6.61 Å². The highest BCUT2D eigenvalue weighted by Gasteiger charge is 2.07. The molecule has 0 atom stereocenters. The van der Waals surface area contributed by atoms with Crippen LogP contribution < -0.4 is 19.6 Å². The number of benzene rings is 3. The van der Waals surface area contributed by atoms with E-state index in [9.17, 15) is 4.79 Å². The predicted molar refractivity (Wildman–Crippen MR) is 112 cm³/mol. The third kappa shape index (κ3) is 5.59. The predicted octanol–water partition coefficient (Wildman–Crippen LogP) is 4.05. The normalized spacial score (nSPS) is 10.6. The van der Waals surface area contributed by atoms with E-state index in [2.05, 4.69) is 10.5 Å². The van der Waals surface area contributed by atoms with Crippen LogP contribution in [0.4, 0.5) is 0 Å². The topological polar surface area (TPSA) is 69.2 Å². The Labute approximate surface area is 169 Å². The van der Waals surface area contributed by atoms with Crippen molar-refractivity contribution in [2.75, 3.05) is 14.2 Å². The Hall–Kier alpha value is -3.80. The van der Waals surface area contributed by atoms with Gasteiger partial charge in [-0.05, 0) is 53.6 Å². The molecule has 0 saturated heterocycles. The molecule has 0 fully saturated rings. The Balaban J connectivity index is 1.60. The molecule has 6 heteroatoms. The van der Waals surface area contributed by atoms with E-state index < -0.39 is 0 Å². The van der Waals surface area contributed by atoms with Crippen LogP contribution in [0.25, 0.3) is 0 Å². The molecule has 3 aromatic rings. The Bertz CT molecular complexity index is 970. The molecule has 0 heterocycles. The molecule has 1 amide bonds. The highest BCUT2D eigenvalue weighted by molar-refractivity contribution is 5.95. The molecule has 0 aliphatic heterocycles. The molecule has 0 aliphatic carbocycles. The zero-order chi connectivity index (χ0) is 20.5. The number of hydrazone groups is 1. The fourth-order valence-electron chi connectivity index (χ4n) is 2.59. The SMILES string of the molecule is COc1ccc(C(=O)N/N=C\c2ccc(OCc3ccccc3)c(OC)c2)cc1. The summed E-state index contributed by atoms with van der Waals surface area (Å²) in [4.78, 5) is 12.1. The van der Waals surface area contributed by atoms with Gasteiger partial charge in [0.2, 0.25) is 0 Å². The van der Waals surface area contributed by atoms with Crippen molar-refractivity contribution in [1.82, 2.24) is 5.43 Å². The summed E-state index contributed by atoms with van der Waals surface area (Å²) in [5.74, 6) is 1.60. The largest absolute Gasteiger partial charge is 0.497 e. The molecule has 0 saturated carbocycles. The lowest BCUT2D eigenvalue weighted by molar-refractivity contribution is 0.0955. The van der Waals surface area contributed by atoms with Gasteiger partial charge >= 0.3 is 0 Å². The minimum absolute atomic E-state index is 0.307. The third-order valence-electron chi connectivity index (χ3n) is 4.16. The summed E-state index contributed by atoms with van der Waals surface area (Å²) >= 11 is 0. The summed E-state index contributed by atoms with van der Waals surface area (Å²) in [7, 11) is 3.16. The maximum absolute atomic E-state index is 12.1. The molecule has 0 radical (unpaired) electrons. The van der Waals surface area contributed by atoms with Crippen LogP contribution in [0.1, 0.15) is 21.5 Å². The van der Waals surface area contributed by atoms with Crippen molar-refractivity contribution in [3.8, 4) is 17.2 Å². The number of amides is 1. The van der Waals surface area contributed by atoms with Gasteiger partial charge in [0.25, 0.3) is 5.91 Å². The van der Waals surface area contributed by atoms with Crippen molar-refractivity contribution < 1.29 is 19.0 Å². The van der Waals surface area contributed by atoms with Gasteiger partial charge < -0.3 is 14.2 Å². The molecule has 0 unspecified atom stereocenters. The van der Waals surface area contributed by atoms with E-state index in [1.165, 1.54) is 0 Å². The van der Waals surface area contributed by atoms with Gasteiger partial charge in [-0.2, -0.15) is 5.10 Å². The maximum atomic E-state index is 12.1. The number of rotatable bonds is 8. The first-order chi connectivity index (χ1) is 14.2. The summed E-state index contributed by atoms with van der Waals surface area (Å²) in [6.45, 7) is 0.447. The minimum Gasteiger partial charge on any atom is -0.497 e. The Morgan fingerprint density at radius 3 is 2.38 bits per heavy atom. The van der Waals surface area contributed by atoms with Crippen molar-refractivity contribution in [3.63, 3.8) is 0 Å². The standard InChI is InChI=1S/C23H22N2O4/c1-27-20-11-9-19(10-12-20)23(26)25-24-15-18-8-13-21(22(14-18)28-2)29-16-17-6-4-3-5-7-17/h3-15H,16H2,1-2H3,(H,25,26)/b24-15-. The second kappa shape index (κ2) is 9.94. The fourth-order valence-corrected chi connectivity index (χ4v) is 2.59. The maximum Gasteiger partial charge on any atom is 0.271 e. The summed E-state index contributed by atoms with van der Waals surface area (Å²) < 4.78 is 16.3. The van der Waals surface area contributed by atoms with E-state index in [0.717, 1.165) is 11.1 Å². The van der Waals surface area contributed by atoms with Crippen molar-refractivity contribution >= 4 is 12.1 Å². The van der Waals surface area contributed by atoms with E-state index in [4.69, 9.17) is 14.2 Å². The van der Waals surface area contributed by atoms with Crippen LogP contribution in [-0.4, -0.2) is 26.3 Å². The molecule has 148 valence electrons. The van der Waals surface area contributed by atoms with Crippen molar-refractivity contribution in [2.45, 2.75) is 6.61 Å². The van der Waals surface area contributed by atoms with Gasteiger partial charge in [0, 0.05) is 5.56 Å². The number of hydrogen-bond donors (Lipinski definition) is 1. The van der Waals surface area contributed by atoms with E-state index in [-0.39, 0.29) is 5.91 Å². The van der Waals surface area contributed by atoms with Gasteiger partial charge in [-0.15, -0.1) is 0 Å². The molecular formula is C23H22N2O4. The summed E-state index contributed by atoms with van der Waals surface area (Å²) in [5, 5.41) is 4.01. The lowest BCUT2D eigenvalue weighted by Gasteiger charge is -2.11. The van der Waals surface area contributed by atoms with Crippen molar-refractivity contribution in [1.29, 1.82) is 0 Å². The zero-order valence-electron chi connectivity index (χ0n) is 16.3. The van der Waals surface area contributed by atoms with Crippen LogP contribution in [0.15, 0.2) is 77.9 Å². The summed E-state index contributed by atoms with van der Waals surface area (Å²) in [6, 6.07) is 22.1. The van der Waals surface area contributed by atoms with Crippen LogP contribution in [0.2, 0.25) is 0 Å². The Morgan fingerprint density at radius 1 is 0.931 bits per heavy atom. The van der Waals surface area contributed by atoms with Crippen LogP contribution in [0, 0.1) is 0 Å². The van der Waals surface area contributed by atoms with E-state index in [1.807, 2.05) is 42.5 Å². The van der Waals surface area contributed by atoms with Crippen molar-refractivity contribution in [3.05, 3.63) is 89.5 Å². The molecule has 0 spiro atoms. The van der Waals surface area contributed by atoms with Gasteiger partial charge in [-0.1, -0.05) is 30.3 Å². The Kier molecular flexibility index (Phi) is 6.84. The van der Waals surface area contributed by atoms with E-state index in [1.54, 1.807) is 50.8 Å². The number of nitrogens with zero attached hydrogens (tertiary/aromatic N) is 1. The molecular weight excluding hydrogens is 368 g/mol. The van der Waals surface area contributed by atoms with Gasteiger partial charge in [-0.3, -0.25) is 4.79 Å². The minimum atomic E-state index is -0.307. The molecule has 0 aromatic heterocycles. The fraction of sp³-hybridized carbons (Fsp3) is 0.130. The number of carbonyl (C=O) groups is 1. The number of carbonyl (C=O) groups excluding carboxylic acids is 1. The van der Waals surface area contributed by atoms with Gasteiger partial charge in [-0.25, -0.2) is 5.43 Å². The van der Waals surface area contributed by atoms with Crippen LogP contribution in [0.5, 0.6) is 17.2 Å². The number of methoxy groups -OCH3 is 2. The molecule has 3 aromatic carbocycles. The first-order valence-electron chi connectivity index (χ1n) is 9.02. The lowest BCUT2D eigenvalue weighted by Crippen LogP contribution is -2.17. The molecule has 0 aliphatic rings. The number of ether oxygens (including phenoxy) is 3. The lowest BCUT2D eigenvalue weighted by atomic mass is 10.2. The Morgan fingerprint density at radius 2 is 1.69 bits per heavy atom. The third-order valence-corrected chi connectivity index (χ3v) is 4.16. The number of nitrogens with one attached hydrogen (secondary N) is 1. The van der Waals surface area contributed by atoms with Crippen molar-refractivity contribution in [2.24, 2.45) is 5.10 Å². The van der Waals surface area contributed by atoms with Crippen LogP contribution >= 0.6 is 0 Å². The van der Waals surface area contributed by atoms with Crippen LogP contribution in [0.3, 0.4) is 0 Å². The second-order valence-electron chi connectivity index (χ2n) is 6.11. The monoisotopic (exact) mass is 390 g/mol. The van der Waals surface area contributed by atoms with E-state index >= 15 is 0 Å². The second-order valence-corrected chi connectivity index (χ2v) is 6.11. The number of hydrogen-bond acceptors (Lipinski definition) is 5. The smallest absolute Gasteiger partial charge is 0.271 e. The zero-order valence-corrected chi connectivity index (χ0v) is 16.3. The average molecular weight is 390 g/mol. The first-order valence-corrected chi connectivity index (χ1v) is 9.02. The molecule has 3 rings (SSSR count). The quantitative estimate of drug-likeness (QED) is 0.465. The molecule has 1 N–H and O–H groups in total. The molecule has 6 nitrogen and oxygen atoms in total.